The van der Waals surface area contributed by atoms with E-state index in [9.17, 15) is 9.59 Å². The van der Waals surface area contributed by atoms with Crippen LogP contribution in [-0.2, 0) is 18.4 Å². The molecular weight excluding hydrogens is 346 g/mol. The Kier molecular flexibility index (Phi) is 5.40. The van der Waals surface area contributed by atoms with Gasteiger partial charge in [0.2, 0.25) is 5.95 Å². The lowest BCUT2D eigenvalue weighted by Gasteiger charge is -2.09. The normalized spacial score (nSPS) is 10.6. The predicted octanol–water partition coefficient (Wildman–Crippen LogP) is 2.64. The van der Waals surface area contributed by atoms with Crippen molar-refractivity contribution in [1.29, 1.82) is 0 Å². The number of hydrogen-bond donors (Lipinski definition) is 0. The maximum Gasteiger partial charge on any atom is 0.358 e. The van der Waals surface area contributed by atoms with E-state index >= 15 is 0 Å². The number of benzene rings is 1. The van der Waals surface area contributed by atoms with Crippen molar-refractivity contribution in [2.24, 2.45) is 7.05 Å². The Bertz CT molecular complexity index is 1010. The molecule has 2 heterocycles. The second-order valence-electron chi connectivity index (χ2n) is 5.97. The van der Waals surface area contributed by atoms with Crippen molar-refractivity contribution in [3.63, 3.8) is 0 Å². The van der Waals surface area contributed by atoms with Crippen LogP contribution in [0.3, 0.4) is 0 Å². The van der Waals surface area contributed by atoms with Crippen molar-refractivity contribution < 1.29 is 14.3 Å². The molecule has 3 rings (SSSR count). The first-order chi connectivity index (χ1) is 13.0. The van der Waals surface area contributed by atoms with Crippen LogP contribution in [0.25, 0.3) is 5.95 Å². The van der Waals surface area contributed by atoms with Crippen LogP contribution < -0.4 is 10.3 Å². The molecule has 140 valence electrons. The van der Waals surface area contributed by atoms with E-state index in [0.717, 1.165) is 5.56 Å². The number of pyridine rings is 1. The fourth-order valence-corrected chi connectivity index (χ4v) is 2.63. The average molecular weight is 367 g/mol. The van der Waals surface area contributed by atoms with Crippen molar-refractivity contribution in [2.75, 3.05) is 6.61 Å². The summed E-state index contributed by atoms with van der Waals surface area (Å²) in [7, 11) is 1.74. The number of carbonyl (C=O) groups excluding carboxylic acids is 1. The van der Waals surface area contributed by atoms with Gasteiger partial charge in [-0.2, -0.15) is 0 Å². The minimum Gasteiger partial charge on any atom is -0.489 e. The summed E-state index contributed by atoms with van der Waals surface area (Å²) in [6.07, 6.45) is 1.58. The second-order valence-corrected chi connectivity index (χ2v) is 5.97. The molecule has 0 atom stereocenters. The number of nitrogens with zero attached hydrogens (tertiary/aromatic N) is 3. The summed E-state index contributed by atoms with van der Waals surface area (Å²) >= 11 is 0. The molecule has 0 aliphatic heterocycles. The molecule has 27 heavy (non-hydrogen) atoms. The minimum absolute atomic E-state index is 0.200. The Labute approximate surface area is 156 Å². The first kappa shape index (κ1) is 18.4. The van der Waals surface area contributed by atoms with Crippen LogP contribution in [0.1, 0.15) is 28.7 Å². The number of imidazole rings is 1. The van der Waals surface area contributed by atoms with Crippen molar-refractivity contribution in [3.8, 4) is 11.7 Å². The fraction of sp³-hybridized carbons (Fsp3) is 0.250. The molecule has 0 N–H and O–H groups in total. The quantitative estimate of drug-likeness (QED) is 0.626. The van der Waals surface area contributed by atoms with Gasteiger partial charge in [0.25, 0.3) is 5.56 Å². The van der Waals surface area contributed by atoms with Crippen LogP contribution >= 0.6 is 0 Å². The Hall–Kier alpha value is -3.35. The van der Waals surface area contributed by atoms with Gasteiger partial charge in [-0.25, -0.2) is 9.78 Å². The Morgan fingerprint density at radius 1 is 1.19 bits per heavy atom. The Morgan fingerprint density at radius 2 is 1.93 bits per heavy atom. The smallest absolute Gasteiger partial charge is 0.358 e. The molecule has 7 heteroatoms. The summed E-state index contributed by atoms with van der Waals surface area (Å²) in [5.41, 5.74) is 1.54. The third-order valence-electron chi connectivity index (χ3n) is 4.18. The van der Waals surface area contributed by atoms with Gasteiger partial charge in [0.05, 0.1) is 12.3 Å². The van der Waals surface area contributed by atoms with Crippen molar-refractivity contribution in [1.82, 2.24) is 14.1 Å². The van der Waals surface area contributed by atoms with E-state index in [1.807, 2.05) is 30.3 Å². The largest absolute Gasteiger partial charge is 0.489 e. The molecule has 0 amide bonds. The summed E-state index contributed by atoms with van der Waals surface area (Å²) in [4.78, 5) is 28.8. The first-order valence-corrected chi connectivity index (χ1v) is 8.61. The van der Waals surface area contributed by atoms with Crippen molar-refractivity contribution in [3.05, 3.63) is 76.0 Å². The lowest BCUT2D eigenvalue weighted by molar-refractivity contribution is 0.0519. The summed E-state index contributed by atoms with van der Waals surface area (Å²) < 4.78 is 13.7. The maximum atomic E-state index is 12.5. The Morgan fingerprint density at radius 3 is 2.59 bits per heavy atom. The van der Waals surface area contributed by atoms with E-state index in [2.05, 4.69) is 4.98 Å². The third kappa shape index (κ3) is 3.92. The number of esters is 1. The molecule has 3 aromatic rings. The van der Waals surface area contributed by atoms with E-state index < -0.39 is 5.97 Å². The SMILES string of the molecule is CCOC(=O)c1nc(-n2ccc(OCc3ccccc3)cc2=O)n(C)c1C. The number of hydrogen-bond acceptors (Lipinski definition) is 5. The van der Waals surface area contributed by atoms with Crippen LogP contribution in [0.5, 0.6) is 5.75 Å². The summed E-state index contributed by atoms with van der Waals surface area (Å²) in [5.74, 6) is 0.305. The van der Waals surface area contributed by atoms with Gasteiger partial charge in [0.15, 0.2) is 5.69 Å². The molecule has 0 fully saturated rings. The zero-order valence-electron chi connectivity index (χ0n) is 15.5. The minimum atomic E-state index is -0.507. The van der Waals surface area contributed by atoms with Crippen molar-refractivity contribution >= 4 is 5.97 Å². The summed E-state index contributed by atoms with van der Waals surface area (Å²) in [6, 6.07) is 12.8. The Balaban J connectivity index is 1.85. The number of rotatable bonds is 6. The lowest BCUT2D eigenvalue weighted by Crippen LogP contribution is -2.20. The number of aromatic nitrogens is 3. The van der Waals surface area contributed by atoms with E-state index in [0.29, 0.717) is 24.0 Å². The monoisotopic (exact) mass is 367 g/mol. The van der Waals surface area contributed by atoms with Crippen LogP contribution in [0.4, 0.5) is 0 Å². The molecule has 0 spiro atoms. The van der Waals surface area contributed by atoms with E-state index in [1.165, 1.54) is 10.6 Å². The molecular formula is C20H21N3O4. The van der Waals surface area contributed by atoms with Gasteiger partial charge in [-0.1, -0.05) is 30.3 Å². The highest BCUT2D eigenvalue weighted by atomic mass is 16.5. The van der Waals surface area contributed by atoms with Crippen LogP contribution in [0.2, 0.25) is 0 Å². The van der Waals surface area contributed by atoms with Crippen LogP contribution in [-0.4, -0.2) is 26.7 Å². The van der Waals surface area contributed by atoms with Gasteiger partial charge in [-0.05, 0) is 25.5 Å². The van der Waals surface area contributed by atoms with Gasteiger partial charge in [-0.3, -0.25) is 9.36 Å². The molecule has 1 aromatic carbocycles. The fourth-order valence-electron chi connectivity index (χ4n) is 2.63. The number of ether oxygens (including phenoxy) is 2. The molecule has 0 radical (unpaired) electrons. The lowest BCUT2D eigenvalue weighted by atomic mass is 10.2. The molecule has 0 saturated carbocycles. The topological polar surface area (TPSA) is 75.3 Å². The number of carbonyl (C=O) groups is 1. The van der Waals surface area contributed by atoms with E-state index in [4.69, 9.17) is 9.47 Å². The highest BCUT2D eigenvalue weighted by Gasteiger charge is 2.20. The van der Waals surface area contributed by atoms with E-state index in [1.54, 1.807) is 37.7 Å². The zero-order chi connectivity index (χ0) is 19.4. The van der Waals surface area contributed by atoms with Gasteiger partial charge in [-0.15, -0.1) is 0 Å². The molecule has 0 bridgehead atoms. The average Bonchev–Trinajstić information content (AvgIpc) is 2.96. The molecule has 0 aliphatic carbocycles. The van der Waals surface area contributed by atoms with Crippen LogP contribution in [0.15, 0.2) is 53.5 Å². The van der Waals surface area contributed by atoms with Gasteiger partial charge < -0.3 is 14.0 Å². The zero-order valence-corrected chi connectivity index (χ0v) is 15.5. The summed E-state index contributed by atoms with van der Waals surface area (Å²) in [5, 5.41) is 0. The highest BCUT2D eigenvalue weighted by Crippen LogP contribution is 2.15. The van der Waals surface area contributed by atoms with Crippen molar-refractivity contribution in [2.45, 2.75) is 20.5 Å². The molecule has 7 nitrogen and oxygen atoms in total. The predicted molar refractivity (Wildman–Crippen MR) is 100 cm³/mol. The van der Waals surface area contributed by atoms with Crippen LogP contribution in [0, 0.1) is 6.92 Å². The first-order valence-electron chi connectivity index (χ1n) is 8.61. The standard InChI is InChI=1S/C20H21N3O4/c1-4-26-19(25)18-14(2)22(3)20(21-18)23-11-10-16(12-17(23)24)27-13-15-8-6-5-7-9-15/h5-12H,4,13H2,1-3H3. The van der Waals surface area contributed by atoms with Gasteiger partial charge in [0.1, 0.15) is 12.4 Å². The van der Waals surface area contributed by atoms with E-state index in [-0.39, 0.29) is 17.9 Å². The van der Waals surface area contributed by atoms with Gasteiger partial charge >= 0.3 is 5.97 Å². The second kappa shape index (κ2) is 7.90. The summed E-state index contributed by atoms with van der Waals surface area (Å²) in [6.45, 7) is 4.12. The molecule has 0 saturated heterocycles. The third-order valence-corrected chi connectivity index (χ3v) is 4.18. The molecule has 0 aliphatic rings. The van der Waals surface area contributed by atoms with Gasteiger partial charge in [0, 0.05) is 19.3 Å². The maximum absolute atomic E-state index is 12.5. The highest BCUT2D eigenvalue weighted by molar-refractivity contribution is 5.88. The molecule has 0 unspecified atom stereocenters. The molecule has 2 aromatic heterocycles.